The summed E-state index contributed by atoms with van der Waals surface area (Å²) in [6.45, 7) is 3.89. The Bertz CT molecular complexity index is 780. The van der Waals surface area contributed by atoms with Crippen molar-refractivity contribution >= 4 is 40.1 Å². The van der Waals surface area contributed by atoms with Crippen LogP contribution in [-0.4, -0.2) is 28.7 Å². The maximum absolute atomic E-state index is 12.3. The molecule has 0 unspecified atom stereocenters. The Kier molecular flexibility index (Phi) is 4.46. The van der Waals surface area contributed by atoms with Crippen LogP contribution in [0.2, 0.25) is 0 Å². The number of carbonyl (C=O) groups is 2. The number of esters is 1. The molecule has 0 saturated heterocycles. The summed E-state index contributed by atoms with van der Waals surface area (Å²) in [4.78, 5) is 23.9. The third-order valence-electron chi connectivity index (χ3n) is 3.61. The molecule has 22 heavy (non-hydrogen) atoms. The summed E-state index contributed by atoms with van der Waals surface area (Å²) in [5, 5.41) is 3.17. The number of nitrogens with zero attached hydrogens (tertiary/aromatic N) is 1. The van der Waals surface area contributed by atoms with Crippen molar-refractivity contribution in [2.24, 2.45) is 5.73 Å². The number of hydrogen-bond donors (Lipinski definition) is 2. The standard InChI is InChI=1S/C15H17N3O3S/c1-8-4-5-11-10(9(8)2)6-12(14(20)17-15(16)22)18(11)7-13(19)21-3/h4-6H,7H2,1-3H3,(H3,16,17,20,22). The summed E-state index contributed by atoms with van der Waals surface area (Å²) in [5.74, 6) is -0.898. The molecule has 2 rings (SSSR count). The summed E-state index contributed by atoms with van der Waals surface area (Å²) in [6, 6.07) is 5.55. The molecule has 0 aliphatic heterocycles. The van der Waals surface area contributed by atoms with Crippen molar-refractivity contribution in [2.75, 3.05) is 7.11 Å². The second-order valence-corrected chi connectivity index (χ2v) is 5.39. The second-order valence-electron chi connectivity index (χ2n) is 4.95. The molecule has 2 aromatic rings. The van der Waals surface area contributed by atoms with E-state index >= 15 is 0 Å². The van der Waals surface area contributed by atoms with Crippen molar-refractivity contribution in [3.05, 3.63) is 35.0 Å². The van der Waals surface area contributed by atoms with Crippen molar-refractivity contribution < 1.29 is 14.3 Å². The molecule has 0 spiro atoms. The van der Waals surface area contributed by atoms with Gasteiger partial charge in [0.2, 0.25) is 0 Å². The SMILES string of the molecule is COC(=O)Cn1c(C(=O)NC(N)=S)cc2c(C)c(C)ccc21. The summed E-state index contributed by atoms with van der Waals surface area (Å²) in [5.41, 5.74) is 8.59. The first-order valence-electron chi connectivity index (χ1n) is 6.62. The van der Waals surface area contributed by atoms with Gasteiger partial charge in [-0.3, -0.25) is 14.9 Å². The van der Waals surface area contributed by atoms with Gasteiger partial charge in [0.25, 0.3) is 5.91 Å². The monoisotopic (exact) mass is 319 g/mol. The molecule has 116 valence electrons. The molecule has 1 aromatic carbocycles. The van der Waals surface area contributed by atoms with E-state index < -0.39 is 11.9 Å². The zero-order valence-electron chi connectivity index (χ0n) is 12.6. The normalized spacial score (nSPS) is 10.5. The molecule has 7 heteroatoms. The van der Waals surface area contributed by atoms with Crippen LogP contribution < -0.4 is 11.1 Å². The van der Waals surface area contributed by atoms with Crippen LogP contribution in [0.5, 0.6) is 0 Å². The number of fused-ring (bicyclic) bond motifs is 1. The summed E-state index contributed by atoms with van der Waals surface area (Å²) < 4.78 is 6.30. The molecular weight excluding hydrogens is 302 g/mol. The lowest BCUT2D eigenvalue weighted by atomic mass is 10.1. The predicted octanol–water partition coefficient (Wildman–Crippen LogP) is 1.40. The molecule has 0 radical (unpaired) electrons. The average molecular weight is 319 g/mol. The highest BCUT2D eigenvalue weighted by atomic mass is 32.1. The third kappa shape index (κ3) is 2.94. The number of thiocarbonyl (C=S) groups is 1. The topological polar surface area (TPSA) is 86.3 Å². The Labute approximate surface area is 133 Å². The molecule has 6 nitrogen and oxygen atoms in total. The maximum Gasteiger partial charge on any atom is 0.325 e. The van der Waals surface area contributed by atoms with Gasteiger partial charge in [0.05, 0.1) is 7.11 Å². The Morgan fingerprint density at radius 2 is 2.05 bits per heavy atom. The van der Waals surface area contributed by atoms with E-state index in [2.05, 4.69) is 5.32 Å². The quantitative estimate of drug-likeness (QED) is 0.660. The summed E-state index contributed by atoms with van der Waals surface area (Å²) in [6.07, 6.45) is 0. The Morgan fingerprint density at radius 1 is 1.36 bits per heavy atom. The second kappa shape index (κ2) is 6.15. The number of aryl methyl sites for hydroxylation is 2. The number of aromatic nitrogens is 1. The number of ether oxygens (including phenoxy) is 1. The summed E-state index contributed by atoms with van der Waals surface area (Å²) >= 11 is 4.70. The molecule has 1 aromatic heterocycles. The van der Waals surface area contributed by atoms with Gasteiger partial charge < -0.3 is 15.0 Å². The fourth-order valence-corrected chi connectivity index (χ4v) is 2.41. The first-order chi connectivity index (χ1) is 10.3. The van der Waals surface area contributed by atoms with Crippen molar-refractivity contribution in [1.29, 1.82) is 0 Å². The number of rotatable bonds is 3. The van der Waals surface area contributed by atoms with Gasteiger partial charge in [-0.2, -0.15) is 0 Å². The average Bonchev–Trinajstić information content (AvgIpc) is 2.81. The van der Waals surface area contributed by atoms with Crippen molar-refractivity contribution in [2.45, 2.75) is 20.4 Å². The zero-order chi connectivity index (χ0) is 16.4. The highest BCUT2D eigenvalue weighted by Gasteiger charge is 2.19. The Morgan fingerprint density at radius 3 is 2.64 bits per heavy atom. The van der Waals surface area contributed by atoms with Crippen LogP contribution in [0.4, 0.5) is 0 Å². The van der Waals surface area contributed by atoms with Crippen molar-refractivity contribution in [3.63, 3.8) is 0 Å². The van der Waals surface area contributed by atoms with E-state index in [9.17, 15) is 9.59 Å². The number of benzene rings is 1. The molecule has 0 aliphatic carbocycles. The Balaban J connectivity index is 2.64. The summed E-state index contributed by atoms with van der Waals surface area (Å²) in [7, 11) is 1.30. The number of methoxy groups -OCH3 is 1. The van der Waals surface area contributed by atoms with E-state index in [1.807, 2.05) is 26.0 Å². The van der Waals surface area contributed by atoms with E-state index in [1.165, 1.54) is 7.11 Å². The van der Waals surface area contributed by atoms with Crippen molar-refractivity contribution in [3.8, 4) is 0 Å². The lowest BCUT2D eigenvalue weighted by Gasteiger charge is -2.10. The van der Waals surface area contributed by atoms with E-state index in [-0.39, 0.29) is 11.7 Å². The smallest absolute Gasteiger partial charge is 0.325 e. The molecule has 0 atom stereocenters. The van der Waals surface area contributed by atoms with Crippen molar-refractivity contribution in [1.82, 2.24) is 9.88 Å². The number of nitrogens with two attached hydrogens (primary N) is 1. The minimum atomic E-state index is -0.454. The van der Waals surface area contributed by atoms with Crippen LogP contribution in [0.25, 0.3) is 10.9 Å². The van der Waals surface area contributed by atoms with Crippen LogP contribution in [0, 0.1) is 13.8 Å². The largest absolute Gasteiger partial charge is 0.468 e. The van der Waals surface area contributed by atoms with E-state index in [0.717, 1.165) is 22.0 Å². The van der Waals surface area contributed by atoms with Gasteiger partial charge in [-0.15, -0.1) is 0 Å². The lowest BCUT2D eigenvalue weighted by molar-refractivity contribution is -0.141. The molecule has 0 fully saturated rings. The highest BCUT2D eigenvalue weighted by molar-refractivity contribution is 7.80. The Hall–Kier alpha value is -2.41. The van der Waals surface area contributed by atoms with Gasteiger partial charge >= 0.3 is 5.97 Å². The van der Waals surface area contributed by atoms with E-state index in [0.29, 0.717) is 5.69 Å². The van der Waals surface area contributed by atoms with Crippen LogP contribution in [0.15, 0.2) is 18.2 Å². The lowest BCUT2D eigenvalue weighted by Crippen LogP contribution is -2.36. The maximum atomic E-state index is 12.3. The number of nitrogens with one attached hydrogen (secondary N) is 1. The van der Waals surface area contributed by atoms with Gasteiger partial charge in [0.1, 0.15) is 12.2 Å². The van der Waals surface area contributed by atoms with Gasteiger partial charge in [0, 0.05) is 10.9 Å². The predicted molar refractivity (Wildman–Crippen MR) is 87.7 cm³/mol. The van der Waals surface area contributed by atoms with E-state index in [4.69, 9.17) is 22.7 Å². The van der Waals surface area contributed by atoms with Crippen LogP contribution in [0.3, 0.4) is 0 Å². The molecule has 0 bridgehead atoms. The van der Waals surface area contributed by atoms with Gasteiger partial charge in [0.15, 0.2) is 5.11 Å². The van der Waals surface area contributed by atoms with Crippen LogP contribution >= 0.6 is 12.2 Å². The first-order valence-corrected chi connectivity index (χ1v) is 7.03. The minimum Gasteiger partial charge on any atom is -0.468 e. The van der Waals surface area contributed by atoms with E-state index in [1.54, 1.807) is 10.6 Å². The molecular formula is C15H17N3O3S. The zero-order valence-corrected chi connectivity index (χ0v) is 13.4. The molecule has 3 N–H and O–H groups in total. The molecule has 0 saturated carbocycles. The van der Waals surface area contributed by atoms with Crippen LogP contribution in [0.1, 0.15) is 21.6 Å². The fourth-order valence-electron chi connectivity index (χ4n) is 2.31. The molecule has 0 aliphatic rings. The first kappa shape index (κ1) is 16.0. The number of amides is 1. The highest BCUT2D eigenvalue weighted by Crippen LogP contribution is 2.25. The fraction of sp³-hybridized carbons (Fsp3) is 0.267. The third-order valence-corrected chi connectivity index (χ3v) is 3.71. The number of hydrogen-bond acceptors (Lipinski definition) is 4. The van der Waals surface area contributed by atoms with Gasteiger partial charge in [-0.1, -0.05) is 6.07 Å². The van der Waals surface area contributed by atoms with Gasteiger partial charge in [-0.25, -0.2) is 0 Å². The van der Waals surface area contributed by atoms with Gasteiger partial charge in [-0.05, 0) is 49.3 Å². The number of carbonyl (C=O) groups excluding carboxylic acids is 2. The van der Waals surface area contributed by atoms with Crippen LogP contribution in [-0.2, 0) is 16.1 Å². The molecule has 1 amide bonds. The minimum absolute atomic E-state index is 0.0669. The molecule has 1 heterocycles.